The maximum atomic E-state index is 12.2. The summed E-state index contributed by atoms with van der Waals surface area (Å²) in [7, 11) is 1.33. The molecule has 0 saturated carbocycles. The third kappa shape index (κ3) is 3.33. The van der Waals surface area contributed by atoms with Crippen LogP contribution in [-0.4, -0.2) is 52.1 Å². The molecule has 2 atom stereocenters. The van der Waals surface area contributed by atoms with Crippen LogP contribution in [0.4, 0.5) is 4.79 Å². The van der Waals surface area contributed by atoms with Crippen molar-refractivity contribution in [3.63, 3.8) is 0 Å². The molecule has 1 amide bonds. The van der Waals surface area contributed by atoms with Gasteiger partial charge in [0.15, 0.2) is 0 Å². The quantitative estimate of drug-likeness (QED) is 0.803. The molecule has 0 aliphatic carbocycles. The molecule has 1 saturated heterocycles. The van der Waals surface area contributed by atoms with E-state index in [0.717, 1.165) is 29.6 Å². The Hall–Kier alpha value is -1.41. The molecule has 1 aliphatic heterocycles. The summed E-state index contributed by atoms with van der Waals surface area (Å²) in [6.45, 7) is 4.49. The second-order valence-electron chi connectivity index (χ2n) is 5.62. The predicted molar refractivity (Wildman–Crippen MR) is 83.9 cm³/mol. The Morgan fingerprint density at radius 1 is 1.64 bits per heavy atom. The fraction of sp³-hybridized carbons (Fsp3) is 0.643. The Morgan fingerprint density at radius 2 is 2.36 bits per heavy atom. The van der Waals surface area contributed by atoms with Crippen LogP contribution in [0.15, 0.2) is 10.8 Å². The van der Waals surface area contributed by atoms with Crippen LogP contribution in [0.1, 0.15) is 38.6 Å². The van der Waals surface area contributed by atoms with Crippen LogP contribution in [0.5, 0.6) is 0 Å². The number of carbonyl (C=O) groups is 2. The minimum Gasteiger partial charge on any atom is -0.452 e. The van der Waals surface area contributed by atoms with Crippen molar-refractivity contribution in [2.45, 2.75) is 38.8 Å². The minimum atomic E-state index is -0.563. The molecular weight excluding hydrogens is 352 g/mol. The molecule has 0 spiro atoms. The summed E-state index contributed by atoms with van der Waals surface area (Å²) >= 11 is 3.35. The summed E-state index contributed by atoms with van der Waals surface area (Å²) in [6, 6.07) is -0.641. The number of aldehydes is 1. The van der Waals surface area contributed by atoms with Crippen molar-refractivity contribution in [1.82, 2.24) is 20.0 Å². The lowest BCUT2D eigenvalue weighted by Gasteiger charge is -2.38. The van der Waals surface area contributed by atoms with Gasteiger partial charge >= 0.3 is 6.09 Å². The van der Waals surface area contributed by atoms with Gasteiger partial charge in [0.2, 0.25) is 0 Å². The zero-order valence-electron chi connectivity index (χ0n) is 13.0. The van der Waals surface area contributed by atoms with Crippen LogP contribution in [0.3, 0.4) is 0 Å². The number of ether oxygens (including phenoxy) is 1. The zero-order valence-corrected chi connectivity index (χ0v) is 14.5. The third-order valence-electron chi connectivity index (χ3n) is 3.85. The average molecular weight is 373 g/mol. The van der Waals surface area contributed by atoms with E-state index in [9.17, 15) is 9.59 Å². The van der Waals surface area contributed by atoms with Crippen LogP contribution in [0, 0.1) is 5.92 Å². The van der Waals surface area contributed by atoms with Gasteiger partial charge in [-0.25, -0.2) is 19.8 Å². The molecular formula is C14H21BrN4O3. The summed E-state index contributed by atoms with van der Waals surface area (Å²) < 4.78 is 5.68. The summed E-state index contributed by atoms with van der Waals surface area (Å²) in [4.78, 5) is 31.2. The summed E-state index contributed by atoms with van der Waals surface area (Å²) in [5.74, 6) is 0.757. The number of methoxy groups -OCH3 is 1. The molecule has 1 aromatic rings. The SMILES string of the molecule is COC(=O)N([C@H](C=O)C(C)C)N1CCC[C@H]1c1ncc(Br)[nH]1. The van der Waals surface area contributed by atoms with E-state index in [1.165, 1.54) is 12.1 Å². The van der Waals surface area contributed by atoms with Gasteiger partial charge in [0.05, 0.1) is 19.3 Å². The van der Waals surface area contributed by atoms with Crippen LogP contribution in [-0.2, 0) is 9.53 Å². The number of amides is 1. The highest BCUT2D eigenvalue weighted by atomic mass is 79.9. The Kier molecular flexibility index (Phi) is 5.57. The topological polar surface area (TPSA) is 78.5 Å². The highest BCUT2D eigenvalue weighted by molar-refractivity contribution is 9.10. The molecule has 0 radical (unpaired) electrons. The Bertz CT molecular complexity index is 534. The summed E-state index contributed by atoms with van der Waals surface area (Å²) in [6.07, 6.45) is 3.74. The number of nitrogens with one attached hydrogen (secondary N) is 1. The molecule has 0 bridgehead atoms. The number of rotatable bonds is 5. The molecule has 8 heteroatoms. The largest absolute Gasteiger partial charge is 0.452 e. The third-order valence-corrected chi connectivity index (χ3v) is 4.25. The van der Waals surface area contributed by atoms with Gasteiger partial charge < -0.3 is 14.5 Å². The van der Waals surface area contributed by atoms with Crippen molar-refractivity contribution in [2.24, 2.45) is 5.92 Å². The number of H-pyrrole nitrogens is 1. The lowest BCUT2D eigenvalue weighted by Crippen LogP contribution is -2.54. The Balaban J connectivity index is 2.33. The first-order valence-electron chi connectivity index (χ1n) is 7.29. The van der Waals surface area contributed by atoms with E-state index in [4.69, 9.17) is 4.74 Å². The monoisotopic (exact) mass is 372 g/mol. The van der Waals surface area contributed by atoms with Crippen molar-refractivity contribution in [3.05, 3.63) is 16.6 Å². The molecule has 2 rings (SSSR count). The van der Waals surface area contributed by atoms with Crippen molar-refractivity contribution in [3.8, 4) is 0 Å². The van der Waals surface area contributed by atoms with E-state index in [2.05, 4.69) is 25.9 Å². The lowest BCUT2D eigenvalue weighted by atomic mass is 10.1. The zero-order chi connectivity index (χ0) is 16.3. The van der Waals surface area contributed by atoms with Gasteiger partial charge in [-0.2, -0.15) is 0 Å². The van der Waals surface area contributed by atoms with Gasteiger partial charge in [-0.15, -0.1) is 0 Å². The fourth-order valence-electron chi connectivity index (χ4n) is 2.76. The van der Waals surface area contributed by atoms with Crippen LogP contribution >= 0.6 is 15.9 Å². The lowest BCUT2D eigenvalue weighted by molar-refractivity contribution is -0.124. The molecule has 0 aromatic carbocycles. The van der Waals surface area contributed by atoms with E-state index in [0.29, 0.717) is 6.54 Å². The van der Waals surface area contributed by atoms with Crippen LogP contribution < -0.4 is 0 Å². The molecule has 2 heterocycles. The van der Waals surface area contributed by atoms with Gasteiger partial charge in [-0.05, 0) is 34.7 Å². The Labute approximate surface area is 138 Å². The number of imidazole rings is 1. The highest BCUT2D eigenvalue weighted by Gasteiger charge is 2.40. The molecule has 1 aromatic heterocycles. The molecule has 1 N–H and O–H groups in total. The average Bonchev–Trinajstić information content (AvgIpc) is 3.11. The fourth-order valence-corrected chi connectivity index (χ4v) is 3.06. The number of hydrazine groups is 1. The van der Waals surface area contributed by atoms with Gasteiger partial charge in [-0.3, -0.25) is 0 Å². The number of aromatic nitrogens is 2. The van der Waals surface area contributed by atoms with E-state index < -0.39 is 12.1 Å². The predicted octanol–water partition coefficient (Wildman–Crippen LogP) is 2.52. The first-order chi connectivity index (χ1) is 10.5. The Morgan fingerprint density at radius 3 is 2.86 bits per heavy atom. The normalized spacial score (nSPS) is 20.1. The maximum absolute atomic E-state index is 12.2. The molecule has 7 nitrogen and oxygen atoms in total. The molecule has 1 fully saturated rings. The van der Waals surface area contributed by atoms with Gasteiger partial charge in [0.25, 0.3) is 0 Å². The van der Waals surface area contributed by atoms with E-state index >= 15 is 0 Å². The van der Waals surface area contributed by atoms with Crippen molar-refractivity contribution in [2.75, 3.05) is 13.7 Å². The van der Waals surface area contributed by atoms with Gasteiger partial charge in [-0.1, -0.05) is 13.8 Å². The first-order valence-corrected chi connectivity index (χ1v) is 8.08. The van der Waals surface area contributed by atoms with E-state index in [-0.39, 0.29) is 12.0 Å². The molecule has 1 aliphatic rings. The standard InChI is InChI=1S/C14H21BrN4O3/c1-9(2)11(8-20)19(14(21)22-3)18-6-4-5-10(18)13-16-7-12(15)17-13/h7-11H,4-6H2,1-3H3,(H,16,17)/t10-,11+/m0/s1. The first kappa shape index (κ1) is 17.0. The highest BCUT2D eigenvalue weighted by Crippen LogP contribution is 2.34. The summed E-state index contributed by atoms with van der Waals surface area (Å²) in [5.41, 5.74) is 0. The second kappa shape index (κ2) is 7.23. The van der Waals surface area contributed by atoms with Crippen LogP contribution in [0.25, 0.3) is 0 Å². The second-order valence-corrected chi connectivity index (χ2v) is 6.48. The molecule has 22 heavy (non-hydrogen) atoms. The number of halogens is 1. The summed E-state index contributed by atoms with van der Waals surface area (Å²) in [5, 5.41) is 3.32. The van der Waals surface area contributed by atoms with E-state index in [1.807, 2.05) is 18.9 Å². The molecule has 0 unspecified atom stereocenters. The number of nitrogens with zero attached hydrogens (tertiary/aromatic N) is 3. The van der Waals surface area contributed by atoms with Crippen molar-refractivity contribution >= 4 is 28.3 Å². The van der Waals surface area contributed by atoms with Gasteiger partial charge in [0, 0.05) is 6.54 Å². The van der Waals surface area contributed by atoms with Crippen LogP contribution in [0.2, 0.25) is 0 Å². The van der Waals surface area contributed by atoms with Crippen molar-refractivity contribution in [1.29, 1.82) is 0 Å². The molecule has 122 valence electrons. The van der Waals surface area contributed by atoms with Gasteiger partial charge in [0.1, 0.15) is 22.8 Å². The number of hydrogen-bond acceptors (Lipinski definition) is 5. The van der Waals surface area contributed by atoms with Crippen molar-refractivity contribution < 1.29 is 14.3 Å². The van der Waals surface area contributed by atoms with E-state index in [1.54, 1.807) is 6.20 Å². The smallest absolute Gasteiger partial charge is 0.424 e. The number of aromatic amines is 1. The maximum Gasteiger partial charge on any atom is 0.424 e. The number of carbonyl (C=O) groups excluding carboxylic acids is 2. The minimum absolute atomic E-state index is 0.0128. The number of hydrogen-bond donors (Lipinski definition) is 1.